The van der Waals surface area contributed by atoms with Crippen molar-refractivity contribution in [2.75, 3.05) is 17.7 Å². The van der Waals surface area contributed by atoms with Gasteiger partial charge in [-0.1, -0.05) is 19.4 Å². The van der Waals surface area contributed by atoms with Crippen molar-refractivity contribution in [1.82, 2.24) is 4.98 Å². The quantitative estimate of drug-likeness (QED) is 0.803. The number of pyridine rings is 1. The Hall–Kier alpha value is -2.89. The van der Waals surface area contributed by atoms with Crippen molar-refractivity contribution >= 4 is 23.3 Å². The second kappa shape index (κ2) is 8.82. The van der Waals surface area contributed by atoms with E-state index in [-0.39, 0.29) is 11.8 Å². The summed E-state index contributed by atoms with van der Waals surface area (Å²) in [4.78, 5) is 28.7. The lowest BCUT2D eigenvalue weighted by Gasteiger charge is -2.12. The van der Waals surface area contributed by atoms with Gasteiger partial charge in [0.05, 0.1) is 12.8 Å². The molecule has 0 atom stereocenters. The Labute approximate surface area is 147 Å². The fraction of sp³-hybridized carbons (Fsp3) is 0.316. The monoisotopic (exact) mass is 341 g/mol. The molecule has 1 aromatic carbocycles. The summed E-state index contributed by atoms with van der Waals surface area (Å²) >= 11 is 0. The van der Waals surface area contributed by atoms with Gasteiger partial charge >= 0.3 is 0 Å². The maximum absolute atomic E-state index is 12.4. The lowest BCUT2D eigenvalue weighted by atomic mass is 10.1. The average molecular weight is 341 g/mol. The van der Waals surface area contributed by atoms with Crippen molar-refractivity contribution in [3.63, 3.8) is 0 Å². The number of methoxy groups -OCH3 is 1. The van der Waals surface area contributed by atoms with E-state index in [1.807, 2.05) is 26.0 Å². The number of aromatic nitrogens is 1. The number of benzene rings is 1. The van der Waals surface area contributed by atoms with E-state index in [2.05, 4.69) is 15.6 Å². The number of aryl methyl sites for hydroxylation is 1. The predicted octanol–water partition coefficient (Wildman–Crippen LogP) is 3.78. The van der Waals surface area contributed by atoms with Crippen molar-refractivity contribution in [1.29, 1.82) is 0 Å². The van der Waals surface area contributed by atoms with E-state index in [1.165, 1.54) is 7.11 Å². The van der Waals surface area contributed by atoms with Crippen LogP contribution in [0, 0.1) is 6.92 Å². The molecule has 0 saturated carbocycles. The fourth-order valence-electron chi connectivity index (χ4n) is 2.30. The Morgan fingerprint density at radius 3 is 2.64 bits per heavy atom. The van der Waals surface area contributed by atoms with Crippen LogP contribution in [0.5, 0.6) is 5.75 Å². The minimum atomic E-state index is -0.301. The van der Waals surface area contributed by atoms with Gasteiger partial charge in [0.25, 0.3) is 5.91 Å². The van der Waals surface area contributed by atoms with Crippen LogP contribution >= 0.6 is 0 Å². The molecule has 2 amide bonds. The Morgan fingerprint density at radius 1 is 1.16 bits per heavy atom. The molecule has 0 radical (unpaired) electrons. The van der Waals surface area contributed by atoms with Crippen LogP contribution < -0.4 is 15.4 Å². The first-order valence-electron chi connectivity index (χ1n) is 8.26. The first-order chi connectivity index (χ1) is 12.0. The second-order valence-electron chi connectivity index (χ2n) is 5.69. The molecule has 2 aromatic rings. The zero-order valence-corrected chi connectivity index (χ0v) is 14.8. The molecule has 0 unspecified atom stereocenters. The number of nitrogens with zero attached hydrogens (tertiary/aromatic N) is 1. The number of rotatable bonds is 7. The first kappa shape index (κ1) is 18.4. The molecule has 0 aliphatic rings. The zero-order chi connectivity index (χ0) is 18.2. The van der Waals surface area contributed by atoms with Crippen LogP contribution in [-0.4, -0.2) is 23.9 Å². The van der Waals surface area contributed by atoms with Gasteiger partial charge < -0.3 is 15.4 Å². The molecule has 2 N–H and O–H groups in total. The van der Waals surface area contributed by atoms with E-state index in [4.69, 9.17) is 4.74 Å². The third kappa shape index (κ3) is 5.31. The number of carbonyl (C=O) groups excluding carboxylic acids is 2. The van der Waals surface area contributed by atoms with Crippen LogP contribution in [0.25, 0.3) is 0 Å². The van der Waals surface area contributed by atoms with Crippen molar-refractivity contribution in [2.24, 2.45) is 0 Å². The van der Waals surface area contributed by atoms with Gasteiger partial charge in [0.15, 0.2) is 0 Å². The smallest absolute Gasteiger partial charge is 0.256 e. The first-order valence-corrected chi connectivity index (χ1v) is 8.26. The topological polar surface area (TPSA) is 80.3 Å². The van der Waals surface area contributed by atoms with Crippen LogP contribution in [0.4, 0.5) is 11.5 Å². The second-order valence-corrected chi connectivity index (χ2v) is 5.69. The van der Waals surface area contributed by atoms with E-state index >= 15 is 0 Å². The highest BCUT2D eigenvalue weighted by Crippen LogP contribution is 2.26. The van der Waals surface area contributed by atoms with Crippen LogP contribution in [0.15, 0.2) is 36.4 Å². The summed E-state index contributed by atoms with van der Waals surface area (Å²) in [5, 5.41) is 5.55. The molecule has 0 saturated heterocycles. The van der Waals surface area contributed by atoms with Gasteiger partial charge in [0.2, 0.25) is 5.91 Å². The molecule has 6 heteroatoms. The largest absolute Gasteiger partial charge is 0.495 e. The van der Waals surface area contributed by atoms with Gasteiger partial charge in [-0.2, -0.15) is 0 Å². The SMILES string of the molecule is CCCCC(=O)Nc1cc(C(=O)Nc2cccc(C)n2)ccc1OC. The molecule has 1 heterocycles. The minimum absolute atomic E-state index is 0.0990. The highest BCUT2D eigenvalue weighted by Gasteiger charge is 2.13. The van der Waals surface area contributed by atoms with Gasteiger partial charge in [-0.25, -0.2) is 4.98 Å². The van der Waals surface area contributed by atoms with E-state index in [1.54, 1.807) is 24.3 Å². The van der Waals surface area contributed by atoms with Crippen LogP contribution in [0.3, 0.4) is 0 Å². The maximum atomic E-state index is 12.4. The van der Waals surface area contributed by atoms with Crippen molar-refractivity contribution in [3.8, 4) is 5.75 Å². The summed E-state index contributed by atoms with van der Waals surface area (Å²) in [6, 6.07) is 10.3. The maximum Gasteiger partial charge on any atom is 0.256 e. The van der Waals surface area contributed by atoms with Crippen LogP contribution in [0.2, 0.25) is 0 Å². The lowest BCUT2D eigenvalue weighted by molar-refractivity contribution is -0.116. The molecule has 0 aliphatic heterocycles. The van der Waals surface area contributed by atoms with Crippen LogP contribution in [-0.2, 0) is 4.79 Å². The van der Waals surface area contributed by atoms with E-state index < -0.39 is 0 Å². The third-order valence-electron chi connectivity index (χ3n) is 3.62. The number of nitrogens with one attached hydrogen (secondary N) is 2. The number of anilines is 2. The van der Waals surface area contributed by atoms with Gasteiger partial charge in [-0.05, 0) is 43.7 Å². The Morgan fingerprint density at radius 2 is 1.96 bits per heavy atom. The zero-order valence-electron chi connectivity index (χ0n) is 14.8. The summed E-state index contributed by atoms with van der Waals surface area (Å²) < 4.78 is 5.26. The minimum Gasteiger partial charge on any atom is -0.495 e. The third-order valence-corrected chi connectivity index (χ3v) is 3.62. The number of hydrogen-bond acceptors (Lipinski definition) is 4. The number of ether oxygens (including phenoxy) is 1. The van der Waals surface area contributed by atoms with Crippen LogP contribution in [0.1, 0.15) is 42.2 Å². The standard InChI is InChI=1S/C19H23N3O3/c1-4-5-9-18(23)21-15-12-14(10-11-16(15)25-3)19(24)22-17-8-6-7-13(2)20-17/h6-8,10-12H,4-5,9H2,1-3H3,(H,21,23)(H,20,22,24). The van der Waals surface area contributed by atoms with E-state index in [9.17, 15) is 9.59 Å². The molecule has 2 rings (SSSR count). The van der Waals surface area contributed by atoms with Gasteiger partial charge in [-0.15, -0.1) is 0 Å². The summed E-state index contributed by atoms with van der Waals surface area (Å²) in [5.74, 6) is 0.590. The van der Waals surface area contributed by atoms with E-state index in [0.717, 1.165) is 18.5 Å². The van der Waals surface area contributed by atoms with Gasteiger partial charge in [0.1, 0.15) is 11.6 Å². The summed E-state index contributed by atoms with van der Waals surface area (Å²) in [6.07, 6.45) is 2.19. The Kier molecular flexibility index (Phi) is 6.51. The molecular weight excluding hydrogens is 318 g/mol. The van der Waals surface area contributed by atoms with Gasteiger partial charge in [-0.3, -0.25) is 9.59 Å². The van der Waals surface area contributed by atoms with Crippen molar-refractivity contribution in [3.05, 3.63) is 47.7 Å². The lowest BCUT2D eigenvalue weighted by Crippen LogP contribution is -2.15. The highest BCUT2D eigenvalue weighted by molar-refractivity contribution is 6.05. The molecule has 0 spiro atoms. The molecule has 25 heavy (non-hydrogen) atoms. The fourth-order valence-corrected chi connectivity index (χ4v) is 2.30. The molecule has 6 nitrogen and oxygen atoms in total. The summed E-state index contributed by atoms with van der Waals surface area (Å²) in [7, 11) is 1.52. The van der Waals surface area contributed by atoms with Crippen molar-refractivity contribution in [2.45, 2.75) is 33.1 Å². The van der Waals surface area contributed by atoms with Gasteiger partial charge in [0, 0.05) is 17.7 Å². The molecule has 0 bridgehead atoms. The average Bonchev–Trinajstić information content (AvgIpc) is 2.60. The molecule has 0 fully saturated rings. The Bertz CT molecular complexity index is 759. The highest BCUT2D eigenvalue weighted by atomic mass is 16.5. The number of unbranched alkanes of at least 4 members (excludes halogenated alkanes) is 1. The Balaban J connectivity index is 2.16. The summed E-state index contributed by atoms with van der Waals surface area (Å²) in [6.45, 7) is 3.88. The molecule has 0 aliphatic carbocycles. The molecule has 1 aromatic heterocycles. The molecule has 132 valence electrons. The molecular formula is C19H23N3O3. The number of carbonyl (C=O) groups is 2. The normalized spacial score (nSPS) is 10.2. The van der Waals surface area contributed by atoms with Crippen molar-refractivity contribution < 1.29 is 14.3 Å². The van der Waals surface area contributed by atoms with E-state index in [0.29, 0.717) is 29.2 Å². The predicted molar refractivity (Wildman–Crippen MR) is 98.1 cm³/mol. The number of hydrogen-bond donors (Lipinski definition) is 2. The summed E-state index contributed by atoms with van der Waals surface area (Å²) in [5.41, 5.74) is 1.71. The number of amides is 2.